The zero-order chi connectivity index (χ0) is 28.8. The molecule has 0 spiro atoms. The second kappa shape index (κ2) is 13.5. The van der Waals surface area contributed by atoms with Gasteiger partial charge in [-0.3, -0.25) is 4.79 Å². The van der Waals surface area contributed by atoms with Gasteiger partial charge in [0, 0.05) is 37.7 Å². The summed E-state index contributed by atoms with van der Waals surface area (Å²) in [6, 6.07) is 20.9. The zero-order valence-electron chi connectivity index (χ0n) is 24.3. The Balaban J connectivity index is 1.23. The highest BCUT2D eigenvalue weighted by Gasteiger charge is 2.37. The molecule has 2 unspecified atom stereocenters. The fourth-order valence-corrected chi connectivity index (χ4v) is 6.53. The molecule has 0 N–H and O–H groups in total. The number of likely N-dealkylation sites (tertiary alicyclic amines) is 2. The van der Waals surface area contributed by atoms with E-state index >= 15 is 0 Å². The third-order valence-electron chi connectivity index (χ3n) is 9.07. The molecule has 0 aliphatic carbocycles. The Morgan fingerprint density at radius 2 is 1.59 bits per heavy atom. The Hall–Kier alpha value is -3.45. The lowest BCUT2D eigenvalue weighted by molar-refractivity contribution is 0.0759. The van der Waals surface area contributed by atoms with Crippen LogP contribution in [0.3, 0.4) is 0 Å². The number of amides is 2. The fourth-order valence-electron chi connectivity index (χ4n) is 6.53. The van der Waals surface area contributed by atoms with Crippen LogP contribution in [0.15, 0.2) is 66.7 Å². The number of carbonyl (C=O) groups is 2. The summed E-state index contributed by atoms with van der Waals surface area (Å²) in [6.07, 6.45) is 2.80. The maximum atomic E-state index is 13.8. The lowest BCUT2D eigenvalue weighted by atomic mass is 9.88. The number of nitrogens with zero attached hydrogens (tertiary/aromatic N) is 3. The molecule has 7 heteroatoms. The SMILES string of the molecule is CCN(CC)C(=O)OCC1CN(C(=O)c2cccc3ccccc23)CC1CCN1CCC(c2ccc(F)cc2)CC1. The van der Waals surface area contributed by atoms with Crippen LogP contribution < -0.4 is 0 Å². The van der Waals surface area contributed by atoms with Crippen molar-refractivity contribution in [3.63, 3.8) is 0 Å². The van der Waals surface area contributed by atoms with E-state index in [9.17, 15) is 14.0 Å². The number of hydrogen-bond donors (Lipinski definition) is 0. The number of carbonyl (C=O) groups excluding carboxylic acids is 2. The number of piperidine rings is 1. The average molecular weight is 560 g/mol. The van der Waals surface area contributed by atoms with Crippen LogP contribution in [0.25, 0.3) is 10.8 Å². The van der Waals surface area contributed by atoms with Crippen LogP contribution >= 0.6 is 0 Å². The van der Waals surface area contributed by atoms with Crippen molar-refractivity contribution < 1.29 is 18.7 Å². The van der Waals surface area contributed by atoms with Gasteiger partial charge in [0.2, 0.25) is 0 Å². The summed E-state index contributed by atoms with van der Waals surface area (Å²) < 4.78 is 19.1. The van der Waals surface area contributed by atoms with Gasteiger partial charge < -0.3 is 19.4 Å². The maximum absolute atomic E-state index is 13.8. The van der Waals surface area contributed by atoms with Crippen LogP contribution in [0.2, 0.25) is 0 Å². The van der Waals surface area contributed by atoms with Crippen LogP contribution in [0.5, 0.6) is 0 Å². The third kappa shape index (κ3) is 6.89. The molecular weight excluding hydrogens is 517 g/mol. The van der Waals surface area contributed by atoms with Crippen molar-refractivity contribution in [2.45, 2.75) is 39.0 Å². The Morgan fingerprint density at radius 3 is 2.32 bits per heavy atom. The molecule has 0 saturated carbocycles. The van der Waals surface area contributed by atoms with Gasteiger partial charge in [0.1, 0.15) is 5.82 Å². The standard InChI is InChI=1S/C34H42FN3O3/c1-3-37(4-2)34(40)41-24-29-23-38(33(39)32-11-7-9-27-8-5-6-10-31(27)32)22-28(29)18-21-36-19-16-26(17-20-36)25-12-14-30(35)15-13-25/h5-15,26,28-29H,3-4,16-24H2,1-2H3. The molecule has 2 fully saturated rings. The monoisotopic (exact) mass is 559 g/mol. The lowest BCUT2D eigenvalue weighted by Crippen LogP contribution is -2.36. The van der Waals surface area contributed by atoms with Crippen molar-refractivity contribution in [3.05, 3.63) is 83.7 Å². The van der Waals surface area contributed by atoms with Crippen LogP contribution in [-0.2, 0) is 4.74 Å². The summed E-state index contributed by atoms with van der Waals surface area (Å²) in [4.78, 5) is 32.5. The molecule has 0 bridgehead atoms. The van der Waals surface area contributed by atoms with Crippen molar-refractivity contribution in [2.24, 2.45) is 11.8 Å². The molecule has 3 aromatic carbocycles. The number of hydrogen-bond acceptors (Lipinski definition) is 4. The Morgan fingerprint density at radius 1 is 0.902 bits per heavy atom. The maximum Gasteiger partial charge on any atom is 0.409 e. The second-order valence-corrected chi connectivity index (χ2v) is 11.5. The first-order valence-electron chi connectivity index (χ1n) is 15.1. The van der Waals surface area contributed by atoms with Crippen LogP contribution in [0, 0.1) is 17.7 Å². The molecule has 2 saturated heterocycles. The third-order valence-corrected chi connectivity index (χ3v) is 9.07. The molecule has 0 radical (unpaired) electrons. The summed E-state index contributed by atoms with van der Waals surface area (Å²) in [5, 5.41) is 2.03. The molecular formula is C34H42FN3O3. The molecule has 2 heterocycles. The van der Waals surface area contributed by atoms with Gasteiger partial charge in [-0.2, -0.15) is 0 Å². The van der Waals surface area contributed by atoms with E-state index in [4.69, 9.17) is 4.74 Å². The van der Waals surface area contributed by atoms with Crippen molar-refractivity contribution in [1.29, 1.82) is 0 Å². The second-order valence-electron chi connectivity index (χ2n) is 11.5. The smallest absolute Gasteiger partial charge is 0.409 e. The van der Waals surface area contributed by atoms with Crippen LogP contribution in [0.1, 0.15) is 54.9 Å². The quantitative estimate of drug-likeness (QED) is 0.304. The number of rotatable bonds is 9. The van der Waals surface area contributed by atoms with E-state index < -0.39 is 0 Å². The molecule has 41 heavy (non-hydrogen) atoms. The Bertz CT molecular complexity index is 1310. The highest BCUT2D eigenvalue weighted by atomic mass is 19.1. The first-order valence-corrected chi connectivity index (χ1v) is 15.1. The van der Waals surface area contributed by atoms with Gasteiger partial charge in [-0.25, -0.2) is 9.18 Å². The summed E-state index contributed by atoms with van der Waals surface area (Å²) in [5.41, 5.74) is 1.95. The molecule has 6 nitrogen and oxygen atoms in total. The summed E-state index contributed by atoms with van der Waals surface area (Å²) in [5.74, 6) is 0.690. The van der Waals surface area contributed by atoms with Gasteiger partial charge in [-0.1, -0.05) is 48.5 Å². The largest absolute Gasteiger partial charge is 0.449 e. The number of halogens is 1. The van der Waals surface area contributed by atoms with E-state index in [2.05, 4.69) is 4.90 Å². The number of fused-ring (bicyclic) bond motifs is 1. The normalized spacial score (nSPS) is 19.9. The summed E-state index contributed by atoms with van der Waals surface area (Å²) in [7, 11) is 0. The minimum Gasteiger partial charge on any atom is -0.449 e. The van der Waals surface area contributed by atoms with Gasteiger partial charge in [0.25, 0.3) is 5.91 Å². The predicted molar refractivity (Wildman–Crippen MR) is 161 cm³/mol. The van der Waals surface area contributed by atoms with E-state index in [0.717, 1.165) is 55.2 Å². The van der Waals surface area contributed by atoms with Crippen molar-refractivity contribution in [2.75, 3.05) is 52.4 Å². The van der Waals surface area contributed by atoms with E-state index in [1.165, 1.54) is 5.56 Å². The van der Waals surface area contributed by atoms with E-state index in [1.807, 2.05) is 73.3 Å². The molecule has 3 aromatic rings. The average Bonchev–Trinajstić information content (AvgIpc) is 3.42. The molecule has 0 aromatic heterocycles. The van der Waals surface area contributed by atoms with Crippen molar-refractivity contribution >= 4 is 22.8 Å². The minimum atomic E-state index is -0.282. The topological polar surface area (TPSA) is 53.1 Å². The number of ether oxygens (including phenoxy) is 1. The Labute approximate surface area is 243 Å². The molecule has 2 aliphatic heterocycles. The molecule has 2 amide bonds. The zero-order valence-corrected chi connectivity index (χ0v) is 24.3. The van der Waals surface area contributed by atoms with Crippen molar-refractivity contribution in [1.82, 2.24) is 14.7 Å². The predicted octanol–water partition coefficient (Wildman–Crippen LogP) is 6.42. The van der Waals surface area contributed by atoms with Crippen LogP contribution in [-0.4, -0.2) is 79.1 Å². The first-order chi connectivity index (χ1) is 20.0. The molecule has 5 rings (SSSR count). The summed E-state index contributed by atoms with van der Waals surface area (Å²) >= 11 is 0. The molecule has 2 atom stereocenters. The Kier molecular flexibility index (Phi) is 9.55. The minimum absolute atomic E-state index is 0.0458. The van der Waals surface area contributed by atoms with E-state index in [1.54, 1.807) is 17.0 Å². The van der Waals surface area contributed by atoms with Gasteiger partial charge in [0.05, 0.1) is 6.61 Å². The van der Waals surface area contributed by atoms with Gasteiger partial charge in [0.15, 0.2) is 0 Å². The van der Waals surface area contributed by atoms with Crippen molar-refractivity contribution in [3.8, 4) is 0 Å². The van der Waals surface area contributed by atoms with Gasteiger partial charge in [-0.15, -0.1) is 0 Å². The highest BCUT2D eigenvalue weighted by Crippen LogP contribution is 2.32. The fraction of sp³-hybridized carbons (Fsp3) is 0.471. The first kappa shape index (κ1) is 29.1. The van der Waals surface area contributed by atoms with Gasteiger partial charge >= 0.3 is 6.09 Å². The van der Waals surface area contributed by atoms with Crippen LogP contribution in [0.4, 0.5) is 9.18 Å². The molecule has 2 aliphatic rings. The van der Waals surface area contributed by atoms with E-state index in [0.29, 0.717) is 38.7 Å². The number of benzene rings is 3. The highest BCUT2D eigenvalue weighted by molar-refractivity contribution is 6.07. The molecule has 218 valence electrons. The van der Waals surface area contributed by atoms with Gasteiger partial charge in [-0.05, 0) is 99.1 Å². The van der Waals surface area contributed by atoms with E-state index in [-0.39, 0.29) is 29.7 Å². The summed E-state index contributed by atoms with van der Waals surface area (Å²) in [6.45, 7) is 9.69. The lowest BCUT2D eigenvalue weighted by Gasteiger charge is -2.33.